The van der Waals surface area contributed by atoms with Gasteiger partial charge in [-0.1, -0.05) is 25.8 Å². The van der Waals surface area contributed by atoms with Gasteiger partial charge in [0.15, 0.2) is 0 Å². The fraction of sp³-hybridized carbons (Fsp3) is 0.727. The summed E-state index contributed by atoms with van der Waals surface area (Å²) in [6, 6.07) is 0. The molecule has 0 aliphatic rings. The van der Waals surface area contributed by atoms with Crippen LogP contribution in [0.25, 0.3) is 0 Å². The van der Waals surface area contributed by atoms with Gasteiger partial charge in [-0.15, -0.1) is 6.58 Å². The van der Waals surface area contributed by atoms with Gasteiger partial charge in [0.2, 0.25) is 0 Å². The Kier molecular flexibility index (Phi) is 7.99. The second kappa shape index (κ2) is 8.60. The summed E-state index contributed by atoms with van der Waals surface area (Å²) in [7, 11) is 1.32. The van der Waals surface area contributed by atoms with E-state index in [0.29, 0.717) is 6.42 Å². The van der Waals surface area contributed by atoms with Crippen molar-refractivity contribution in [3.63, 3.8) is 0 Å². The molecule has 0 aromatic rings. The number of hydrogen-bond donors (Lipinski definition) is 0. The monoisotopic (exact) mass is 200 g/mol. The molecular weight excluding hydrogens is 180 g/mol. The molecule has 0 saturated carbocycles. The maximum Gasteiger partial charge on any atom is 0.508 e. The van der Waals surface area contributed by atoms with E-state index in [0.717, 1.165) is 19.3 Å². The van der Waals surface area contributed by atoms with Crippen molar-refractivity contribution in [3.05, 3.63) is 12.7 Å². The van der Waals surface area contributed by atoms with Crippen LogP contribution in [0, 0.1) is 0 Å². The predicted molar refractivity (Wildman–Crippen MR) is 56.2 cm³/mol. The largest absolute Gasteiger partial charge is 0.508 e. The lowest BCUT2D eigenvalue weighted by Crippen LogP contribution is -2.17. The Hall–Kier alpha value is -0.990. The molecule has 0 saturated heterocycles. The van der Waals surface area contributed by atoms with E-state index in [2.05, 4.69) is 18.2 Å². The molecule has 1 unspecified atom stereocenters. The highest BCUT2D eigenvalue weighted by Crippen LogP contribution is 2.11. The van der Waals surface area contributed by atoms with Gasteiger partial charge in [0.25, 0.3) is 0 Å². The molecule has 0 aliphatic carbocycles. The smallest absolute Gasteiger partial charge is 0.438 e. The molecule has 0 aromatic heterocycles. The Labute approximate surface area is 86.1 Å². The van der Waals surface area contributed by atoms with Gasteiger partial charge in [-0.3, -0.25) is 0 Å². The van der Waals surface area contributed by atoms with Crippen LogP contribution in [0.1, 0.15) is 39.0 Å². The minimum absolute atomic E-state index is 0.0773. The molecule has 1 atom stereocenters. The SMILES string of the molecule is C=CCC(CCCCC)OC(=O)OC. The lowest BCUT2D eigenvalue weighted by molar-refractivity contribution is 0.0341. The summed E-state index contributed by atoms with van der Waals surface area (Å²) in [4.78, 5) is 10.9. The number of carbonyl (C=O) groups excluding carboxylic acids is 1. The van der Waals surface area contributed by atoms with E-state index in [1.807, 2.05) is 0 Å². The second-order valence-corrected chi connectivity index (χ2v) is 3.21. The molecular formula is C11H20O3. The fourth-order valence-electron chi connectivity index (χ4n) is 1.22. The number of methoxy groups -OCH3 is 1. The second-order valence-electron chi connectivity index (χ2n) is 3.21. The average molecular weight is 200 g/mol. The topological polar surface area (TPSA) is 35.5 Å². The van der Waals surface area contributed by atoms with Crippen molar-refractivity contribution in [1.82, 2.24) is 0 Å². The Morgan fingerprint density at radius 3 is 2.71 bits per heavy atom. The van der Waals surface area contributed by atoms with Gasteiger partial charge < -0.3 is 9.47 Å². The van der Waals surface area contributed by atoms with Crippen molar-refractivity contribution >= 4 is 6.16 Å². The van der Waals surface area contributed by atoms with E-state index in [1.165, 1.54) is 13.5 Å². The molecule has 0 fully saturated rings. The Morgan fingerprint density at radius 1 is 1.50 bits per heavy atom. The number of ether oxygens (including phenoxy) is 2. The molecule has 3 nitrogen and oxygen atoms in total. The average Bonchev–Trinajstić information content (AvgIpc) is 2.18. The molecule has 0 N–H and O–H groups in total. The van der Waals surface area contributed by atoms with Crippen LogP contribution in [0.2, 0.25) is 0 Å². The Morgan fingerprint density at radius 2 is 2.21 bits per heavy atom. The quantitative estimate of drug-likeness (QED) is 0.359. The first kappa shape index (κ1) is 13.0. The van der Waals surface area contributed by atoms with Crippen molar-refractivity contribution in [2.24, 2.45) is 0 Å². The van der Waals surface area contributed by atoms with Crippen LogP contribution in [0.15, 0.2) is 12.7 Å². The van der Waals surface area contributed by atoms with Crippen LogP contribution in [-0.2, 0) is 9.47 Å². The van der Waals surface area contributed by atoms with Crippen LogP contribution in [-0.4, -0.2) is 19.4 Å². The van der Waals surface area contributed by atoms with Gasteiger partial charge in [0.05, 0.1) is 7.11 Å². The predicted octanol–water partition coefficient (Wildman–Crippen LogP) is 3.29. The maximum absolute atomic E-state index is 10.9. The number of hydrogen-bond acceptors (Lipinski definition) is 3. The molecule has 0 rings (SSSR count). The molecule has 0 aromatic carbocycles. The van der Waals surface area contributed by atoms with Crippen LogP contribution < -0.4 is 0 Å². The van der Waals surface area contributed by atoms with Crippen LogP contribution in [0.4, 0.5) is 4.79 Å². The van der Waals surface area contributed by atoms with Crippen LogP contribution in [0.3, 0.4) is 0 Å². The first-order valence-electron chi connectivity index (χ1n) is 5.10. The van der Waals surface area contributed by atoms with Gasteiger partial charge in [-0.25, -0.2) is 4.79 Å². The van der Waals surface area contributed by atoms with E-state index < -0.39 is 6.16 Å². The van der Waals surface area contributed by atoms with Gasteiger partial charge in [0, 0.05) is 6.42 Å². The molecule has 0 heterocycles. The molecule has 0 radical (unpaired) electrons. The van der Waals surface area contributed by atoms with E-state index in [9.17, 15) is 4.79 Å². The zero-order valence-electron chi connectivity index (χ0n) is 9.12. The zero-order valence-corrected chi connectivity index (χ0v) is 9.12. The van der Waals surface area contributed by atoms with Crippen molar-refractivity contribution in [1.29, 1.82) is 0 Å². The van der Waals surface area contributed by atoms with Crippen molar-refractivity contribution in [2.45, 2.75) is 45.1 Å². The van der Waals surface area contributed by atoms with Gasteiger partial charge in [0.1, 0.15) is 6.10 Å². The van der Waals surface area contributed by atoms with Crippen molar-refractivity contribution in [2.75, 3.05) is 7.11 Å². The highest BCUT2D eigenvalue weighted by atomic mass is 16.7. The highest BCUT2D eigenvalue weighted by Gasteiger charge is 2.12. The summed E-state index contributed by atoms with van der Waals surface area (Å²) in [6.45, 7) is 5.77. The highest BCUT2D eigenvalue weighted by molar-refractivity contribution is 5.59. The Bertz CT molecular complexity index is 166. The van der Waals surface area contributed by atoms with Crippen LogP contribution >= 0.6 is 0 Å². The van der Waals surface area contributed by atoms with Gasteiger partial charge >= 0.3 is 6.16 Å². The lowest BCUT2D eigenvalue weighted by Gasteiger charge is -2.14. The third kappa shape index (κ3) is 6.52. The summed E-state index contributed by atoms with van der Waals surface area (Å²) in [5, 5.41) is 0. The third-order valence-electron chi connectivity index (χ3n) is 1.99. The van der Waals surface area contributed by atoms with Crippen molar-refractivity contribution in [3.8, 4) is 0 Å². The summed E-state index contributed by atoms with van der Waals surface area (Å²) in [6.07, 6.45) is 6.07. The standard InChI is InChI=1S/C11H20O3/c1-4-6-7-9-10(8-5-2)14-11(12)13-3/h5,10H,2,4,6-9H2,1,3H3. The van der Waals surface area contributed by atoms with Gasteiger partial charge in [-0.05, 0) is 12.8 Å². The summed E-state index contributed by atoms with van der Waals surface area (Å²) >= 11 is 0. The maximum atomic E-state index is 10.9. The Balaban J connectivity index is 3.76. The fourth-order valence-corrected chi connectivity index (χ4v) is 1.22. The molecule has 0 spiro atoms. The first-order chi connectivity index (χ1) is 6.74. The normalized spacial score (nSPS) is 11.9. The molecule has 3 heteroatoms. The minimum Gasteiger partial charge on any atom is -0.438 e. The zero-order chi connectivity index (χ0) is 10.8. The lowest BCUT2D eigenvalue weighted by atomic mass is 10.1. The summed E-state index contributed by atoms with van der Waals surface area (Å²) in [5.74, 6) is 0. The molecule has 82 valence electrons. The van der Waals surface area contributed by atoms with E-state index in [4.69, 9.17) is 4.74 Å². The molecule has 0 aliphatic heterocycles. The summed E-state index contributed by atoms with van der Waals surface area (Å²) in [5.41, 5.74) is 0. The number of unbranched alkanes of at least 4 members (excludes halogenated alkanes) is 2. The van der Waals surface area contributed by atoms with Crippen LogP contribution in [0.5, 0.6) is 0 Å². The van der Waals surface area contributed by atoms with Crippen molar-refractivity contribution < 1.29 is 14.3 Å². The number of carbonyl (C=O) groups is 1. The summed E-state index contributed by atoms with van der Waals surface area (Å²) < 4.78 is 9.49. The van der Waals surface area contributed by atoms with E-state index in [1.54, 1.807) is 6.08 Å². The van der Waals surface area contributed by atoms with E-state index in [-0.39, 0.29) is 6.10 Å². The minimum atomic E-state index is -0.603. The van der Waals surface area contributed by atoms with Gasteiger partial charge in [-0.2, -0.15) is 0 Å². The third-order valence-corrected chi connectivity index (χ3v) is 1.99. The molecule has 0 amide bonds. The molecule has 0 bridgehead atoms. The first-order valence-corrected chi connectivity index (χ1v) is 5.10. The number of rotatable bonds is 7. The van der Waals surface area contributed by atoms with E-state index >= 15 is 0 Å². The molecule has 14 heavy (non-hydrogen) atoms.